The van der Waals surface area contributed by atoms with Gasteiger partial charge in [0.25, 0.3) is 0 Å². The molecule has 3 rings (SSSR count). The zero-order valence-corrected chi connectivity index (χ0v) is 17.1. The van der Waals surface area contributed by atoms with Gasteiger partial charge in [0, 0.05) is 31.1 Å². The van der Waals surface area contributed by atoms with Crippen molar-refractivity contribution in [1.29, 1.82) is 0 Å². The Hall–Kier alpha value is -1.88. The molecule has 0 unspecified atom stereocenters. The van der Waals surface area contributed by atoms with E-state index in [2.05, 4.69) is 4.72 Å². The van der Waals surface area contributed by atoms with Crippen molar-refractivity contribution >= 4 is 37.4 Å². The van der Waals surface area contributed by atoms with Crippen LogP contribution in [-0.4, -0.2) is 52.5 Å². The number of furan rings is 1. The van der Waals surface area contributed by atoms with E-state index in [1.54, 1.807) is 18.2 Å². The number of hydrogen-bond donors (Lipinski definition) is 1. The summed E-state index contributed by atoms with van der Waals surface area (Å²) >= 11 is 5.79. The maximum atomic E-state index is 12.3. The van der Waals surface area contributed by atoms with Gasteiger partial charge in [-0.3, -0.25) is 4.79 Å². The molecule has 152 valence electrons. The van der Waals surface area contributed by atoms with Gasteiger partial charge in [0.2, 0.25) is 15.9 Å². The number of sulfonamides is 1. The minimum Gasteiger partial charge on any atom is -0.468 e. The van der Waals surface area contributed by atoms with E-state index in [1.807, 2.05) is 0 Å². The van der Waals surface area contributed by atoms with Crippen LogP contribution in [0.4, 0.5) is 0 Å². The molecule has 1 N–H and O–H groups in total. The molecule has 1 amide bonds. The number of rotatable bonds is 8. The number of amides is 1. The molecule has 0 spiro atoms. The molecule has 1 fully saturated rings. The summed E-state index contributed by atoms with van der Waals surface area (Å²) in [6.07, 6.45) is 1.34. The Morgan fingerprint density at radius 2 is 1.93 bits per heavy atom. The third-order valence-electron chi connectivity index (χ3n) is 4.37. The Morgan fingerprint density at radius 1 is 1.18 bits per heavy atom. The van der Waals surface area contributed by atoms with E-state index in [-0.39, 0.29) is 42.6 Å². The van der Waals surface area contributed by atoms with Gasteiger partial charge in [-0.15, -0.1) is 0 Å². The molecular formula is C17H19ClN2O6S2. The molecule has 1 aromatic heterocycles. The molecular weight excluding hydrogens is 428 g/mol. The molecule has 0 radical (unpaired) electrons. The van der Waals surface area contributed by atoms with Gasteiger partial charge in [0.15, 0.2) is 9.84 Å². The summed E-state index contributed by atoms with van der Waals surface area (Å²) in [7, 11) is -7.18. The number of carbonyl (C=O) groups excluding carboxylic acids is 1. The number of halogens is 1. The number of sulfone groups is 1. The first kappa shape index (κ1) is 20.8. The second-order valence-corrected chi connectivity index (χ2v) is 10.9. The predicted molar refractivity (Wildman–Crippen MR) is 103 cm³/mol. The number of nitrogens with zero attached hydrogens (tertiary/aromatic N) is 1. The summed E-state index contributed by atoms with van der Waals surface area (Å²) in [6.45, 7) is 0.111. The van der Waals surface area contributed by atoms with Crippen LogP contribution in [0, 0.1) is 0 Å². The van der Waals surface area contributed by atoms with E-state index in [0.717, 1.165) is 0 Å². The first-order valence-corrected chi connectivity index (χ1v) is 12.0. The van der Waals surface area contributed by atoms with Crippen LogP contribution in [-0.2, 0) is 30.4 Å². The summed E-state index contributed by atoms with van der Waals surface area (Å²) in [5, 5.41) is -0.342. The standard InChI is InChI=1S/C17H19ClN2O6S2/c18-13-3-1-5-15(9-13)28(24,25)19-7-6-17(21)20-10-16(11-20)27(22,23)12-14-4-2-8-26-14/h1-5,8-9,16,19H,6-7,10-12H2. The van der Waals surface area contributed by atoms with E-state index in [4.69, 9.17) is 16.0 Å². The van der Waals surface area contributed by atoms with Crippen molar-refractivity contribution in [3.05, 3.63) is 53.4 Å². The van der Waals surface area contributed by atoms with Gasteiger partial charge < -0.3 is 9.32 Å². The quantitative estimate of drug-likeness (QED) is 0.656. The van der Waals surface area contributed by atoms with Gasteiger partial charge >= 0.3 is 0 Å². The van der Waals surface area contributed by atoms with Crippen molar-refractivity contribution in [2.24, 2.45) is 0 Å². The first-order valence-electron chi connectivity index (χ1n) is 8.44. The third kappa shape index (κ3) is 4.93. The molecule has 2 aromatic rings. The van der Waals surface area contributed by atoms with E-state index >= 15 is 0 Å². The fourth-order valence-corrected chi connectivity index (χ4v) is 5.69. The van der Waals surface area contributed by atoms with Crippen molar-refractivity contribution < 1.29 is 26.0 Å². The Kier molecular flexibility index (Phi) is 6.13. The average molecular weight is 447 g/mol. The van der Waals surface area contributed by atoms with Gasteiger partial charge in [0.05, 0.1) is 16.4 Å². The van der Waals surface area contributed by atoms with Crippen molar-refractivity contribution in [2.45, 2.75) is 22.3 Å². The fraction of sp³-hybridized carbons (Fsp3) is 0.353. The molecule has 0 saturated carbocycles. The van der Waals surface area contributed by atoms with Crippen molar-refractivity contribution in [3.8, 4) is 0 Å². The zero-order valence-electron chi connectivity index (χ0n) is 14.7. The molecule has 1 aliphatic heterocycles. The van der Waals surface area contributed by atoms with Crippen LogP contribution < -0.4 is 4.72 Å². The molecule has 0 bridgehead atoms. The van der Waals surface area contributed by atoms with Crippen LogP contribution in [0.1, 0.15) is 12.2 Å². The number of benzene rings is 1. The van der Waals surface area contributed by atoms with Gasteiger partial charge in [0.1, 0.15) is 11.5 Å². The molecule has 8 nitrogen and oxygen atoms in total. The highest BCUT2D eigenvalue weighted by Gasteiger charge is 2.39. The van der Waals surface area contributed by atoms with E-state index in [1.165, 1.54) is 29.4 Å². The topological polar surface area (TPSA) is 114 Å². The van der Waals surface area contributed by atoms with Gasteiger partial charge in [-0.05, 0) is 30.3 Å². The van der Waals surface area contributed by atoms with Crippen LogP contribution in [0.3, 0.4) is 0 Å². The number of hydrogen-bond acceptors (Lipinski definition) is 6. The maximum absolute atomic E-state index is 12.3. The molecule has 1 aromatic carbocycles. The Bertz CT molecular complexity index is 1050. The van der Waals surface area contributed by atoms with Crippen LogP contribution in [0.25, 0.3) is 0 Å². The fourth-order valence-electron chi connectivity index (χ4n) is 2.75. The van der Waals surface area contributed by atoms with Crippen LogP contribution in [0.5, 0.6) is 0 Å². The highest BCUT2D eigenvalue weighted by molar-refractivity contribution is 7.91. The SMILES string of the molecule is O=C(CCNS(=O)(=O)c1cccc(Cl)c1)N1CC(S(=O)(=O)Cc2ccco2)C1. The number of likely N-dealkylation sites (tertiary alicyclic amines) is 1. The Balaban J connectivity index is 1.45. The number of nitrogens with one attached hydrogen (secondary N) is 1. The second-order valence-electron chi connectivity index (χ2n) is 6.41. The molecule has 0 aliphatic carbocycles. The number of carbonyl (C=O) groups is 1. The maximum Gasteiger partial charge on any atom is 0.240 e. The van der Waals surface area contributed by atoms with E-state index in [0.29, 0.717) is 10.8 Å². The molecule has 1 saturated heterocycles. The summed E-state index contributed by atoms with van der Waals surface area (Å²) < 4.78 is 56.3. The second kappa shape index (κ2) is 8.24. The predicted octanol–water partition coefficient (Wildman–Crippen LogP) is 1.43. The minimum absolute atomic E-state index is 0.0143. The van der Waals surface area contributed by atoms with Crippen LogP contribution in [0.2, 0.25) is 5.02 Å². The summed E-state index contributed by atoms with van der Waals surface area (Å²) in [5.41, 5.74) is 0. The first-order chi connectivity index (χ1) is 13.2. The largest absolute Gasteiger partial charge is 0.468 e. The summed E-state index contributed by atoms with van der Waals surface area (Å²) in [5.74, 6) is -0.148. The van der Waals surface area contributed by atoms with E-state index in [9.17, 15) is 21.6 Å². The van der Waals surface area contributed by atoms with Crippen molar-refractivity contribution in [3.63, 3.8) is 0 Å². The smallest absolute Gasteiger partial charge is 0.240 e. The third-order valence-corrected chi connectivity index (χ3v) is 8.06. The van der Waals surface area contributed by atoms with Crippen LogP contribution >= 0.6 is 11.6 Å². The van der Waals surface area contributed by atoms with Crippen molar-refractivity contribution in [1.82, 2.24) is 9.62 Å². The molecule has 28 heavy (non-hydrogen) atoms. The van der Waals surface area contributed by atoms with Gasteiger partial charge in [-0.2, -0.15) is 0 Å². The van der Waals surface area contributed by atoms with Crippen LogP contribution in [0.15, 0.2) is 52.0 Å². The molecule has 11 heteroatoms. The Labute approximate surface area is 168 Å². The highest BCUT2D eigenvalue weighted by Crippen LogP contribution is 2.21. The lowest BCUT2D eigenvalue weighted by Crippen LogP contribution is -2.57. The van der Waals surface area contributed by atoms with Gasteiger partial charge in [-0.25, -0.2) is 21.6 Å². The van der Waals surface area contributed by atoms with E-state index < -0.39 is 25.1 Å². The normalized spacial score (nSPS) is 15.4. The van der Waals surface area contributed by atoms with Crippen molar-refractivity contribution in [2.75, 3.05) is 19.6 Å². The van der Waals surface area contributed by atoms with Gasteiger partial charge in [-0.1, -0.05) is 17.7 Å². The lowest BCUT2D eigenvalue weighted by Gasteiger charge is -2.38. The minimum atomic E-state index is -3.77. The monoisotopic (exact) mass is 446 g/mol. The molecule has 1 aliphatic rings. The zero-order chi connectivity index (χ0) is 20.4. The lowest BCUT2D eigenvalue weighted by molar-refractivity contribution is -0.134. The lowest BCUT2D eigenvalue weighted by atomic mass is 10.2. The average Bonchev–Trinajstić information content (AvgIpc) is 3.05. The molecule has 2 heterocycles. The summed E-state index contributed by atoms with van der Waals surface area (Å²) in [6, 6.07) is 9.00. The Morgan fingerprint density at radius 3 is 2.57 bits per heavy atom. The highest BCUT2D eigenvalue weighted by atomic mass is 35.5. The molecule has 0 atom stereocenters. The summed E-state index contributed by atoms with van der Waals surface area (Å²) in [4.78, 5) is 13.6.